The molecular formula is C12H24N2O2. The zero-order valence-corrected chi connectivity index (χ0v) is 10.4. The van der Waals surface area contributed by atoms with Gasteiger partial charge in [0.15, 0.2) is 0 Å². The summed E-state index contributed by atoms with van der Waals surface area (Å²) in [6, 6.07) is 0. The average Bonchev–Trinajstić information content (AvgIpc) is 2.15. The number of hydrogen-bond donors (Lipinski definition) is 2. The first kappa shape index (κ1) is 13.5. The van der Waals surface area contributed by atoms with Gasteiger partial charge in [-0.2, -0.15) is 0 Å². The molecular weight excluding hydrogens is 204 g/mol. The highest BCUT2D eigenvalue weighted by molar-refractivity contribution is 5.77. The summed E-state index contributed by atoms with van der Waals surface area (Å²) in [6.07, 6.45) is 3.83. The van der Waals surface area contributed by atoms with Gasteiger partial charge < -0.3 is 10.4 Å². The van der Waals surface area contributed by atoms with E-state index in [1.54, 1.807) is 0 Å². The summed E-state index contributed by atoms with van der Waals surface area (Å²) >= 11 is 0. The normalized spacial score (nSPS) is 24.2. The van der Waals surface area contributed by atoms with Crippen molar-refractivity contribution in [2.45, 2.75) is 38.7 Å². The molecule has 1 rings (SSSR count). The van der Waals surface area contributed by atoms with Gasteiger partial charge in [0.05, 0.1) is 12.6 Å². The maximum absolute atomic E-state index is 11.5. The van der Waals surface area contributed by atoms with Crippen molar-refractivity contribution in [3.63, 3.8) is 0 Å². The van der Waals surface area contributed by atoms with Gasteiger partial charge in [0.25, 0.3) is 0 Å². The molecule has 0 spiro atoms. The molecule has 0 unspecified atom stereocenters. The van der Waals surface area contributed by atoms with E-state index < -0.39 is 0 Å². The van der Waals surface area contributed by atoms with Gasteiger partial charge in [0.2, 0.25) is 5.91 Å². The number of hydrogen-bond acceptors (Lipinski definition) is 3. The van der Waals surface area contributed by atoms with Crippen molar-refractivity contribution in [3.8, 4) is 0 Å². The Bertz CT molecular complexity index is 215. The molecule has 0 aliphatic heterocycles. The summed E-state index contributed by atoms with van der Waals surface area (Å²) in [7, 11) is 1.96. The Morgan fingerprint density at radius 1 is 1.50 bits per heavy atom. The molecule has 1 fully saturated rings. The van der Waals surface area contributed by atoms with Gasteiger partial charge in [-0.15, -0.1) is 0 Å². The lowest BCUT2D eigenvalue weighted by atomic mass is 9.82. The van der Waals surface area contributed by atoms with Crippen LogP contribution in [0, 0.1) is 5.92 Å². The van der Waals surface area contributed by atoms with Crippen LogP contribution in [0.3, 0.4) is 0 Å². The van der Waals surface area contributed by atoms with Crippen molar-refractivity contribution >= 4 is 5.91 Å². The maximum Gasteiger partial charge on any atom is 0.234 e. The zero-order valence-electron chi connectivity index (χ0n) is 10.4. The lowest BCUT2D eigenvalue weighted by Crippen LogP contribution is -2.41. The first-order chi connectivity index (χ1) is 7.61. The van der Waals surface area contributed by atoms with Crippen LogP contribution in [-0.2, 0) is 4.79 Å². The number of nitrogens with one attached hydrogen (secondary N) is 1. The minimum absolute atomic E-state index is 0.100. The van der Waals surface area contributed by atoms with Crippen LogP contribution in [-0.4, -0.2) is 48.7 Å². The van der Waals surface area contributed by atoms with Crippen molar-refractivity contribution in [1.29, 1.82) is 0 Å². The van der Waals surface area contributed by atoms with E-state index in [4.69, 9.17) is 5.11 Å². The molecule has 0 aromatic heterocycles. The highest BCUT2D eigenvalue weighted by atomic mass is 16.3. The Kier molecular flexibility index (Phi) is 5.77. The number of carbonyl (C=O) groups excluding carboxylic acids is 1. The molecule has 94 valence electrons. The molecule has 4 heteroatoms. The molecule has 0 heterocycles. The van der Waals surface area contributed by atoms with E-state index in [1.165, 1.54) is 0 Å². The lowest BCUT2D eigenvalue weighted by Gasteiger charge is -2.34. The molecule has 1 aliphatic carbocycles. The van der Waals surface area contributed by atoms with E-state index in [2.05, 4.69) is 12.2 Å². The Labute approximate surface area is 98.0 Å². The van der Waals surface area contributed by atoms with Gasteiger partial charge >= 0.3 is 0 Å². The van der Waals surface area contributed by atoms with E-state index in [-0.39, 0.29) is 12.0 Å². The largest absolute Gasteiger partial charge is 0.393 e. The van der Waals surface area contributed by atoms with Gasteiger partial charge in [-0.3, -0.25) is 9.69 Å². The fourth-order valence-electron chi connectivity index (χ4n) is 2.06. The summed E-state index contributed by atoms with van der Waals surface area (Å²) < 4.78 is 0. The molecule has 1 amide bonds. The van der Waals surface area contributed by atoms with Crippen LogP contribution >= 0.6 is 0 Å². The molecule has 0 aromatic rings. The quantitative estimate of drug-likeness (QED) is 0.628. The van der Waals surface area contributed by atoms with Gasteiger partial charge in [0.1, 0.15) is 0 Å². The van der Waals surface area contributed by atoms with Crippen LogP contribution in [0.1, 0.15) is 32.6 Å². The lowest BCUT2D eigenvalue weighted by molar-refractivity contribution is -0.122. The average molecular weight is 228 g/mol. The van der Waals surface area contributed by atoms with E-state index in [0.29, 0.717) is 12.5 Å². The van der Waals surface area contributed by atoms with Gasteiger partial charge in [-0.1, -0.05) is 13.3 Å². The van der Waals surface area contributed by atoms with E-state index in [9.17, 15) is 4.79 Å². The van der Waals surface area contributed by atoms with Crippen LogP contribution in [0.2, 0.25) is 0 Å². The third-order valence-corrected chi connectivity index (χ3v) is 3.05. The van der Waals surface area contributed by atoms with Gasteiger partial charge in [-0.25, -0.2) is 0 Å². The summed E-state index contributed by atoms with van der Waals surface area (Å²) in [5.41, 5.74) is 0. The van der Waals surface area contributed by atoms with Crippen molar-refractivity contribution in [2.75, 3.05) is 26.7 Å². The Hall–Kier alpha value is -0.610. The van der Waals surface area contributed by atoms with E-state index in [1.807, 2.05) is 11.9 Å². The first-order valence-corrected chi connectivity index (χ1v) is 6.25. The molecule has 2 N–H and O–H groups in total. The Morgan fingerprint density at radius 3 is 2.75 bits per heavy atom. The number of carbonyl (C=O) groups is 1. The third-order valence-electron chi connectivity index (χ3n) is 3.05. The monoisotopic (exact) mass is 228 g/mol. The second-order valence-electron chi connectivity index (χ2n) is 4.89. The number of unbranched alkanes of at least 4 members (excludes halogenated alkanes) is 1. The number of likely N-dealkylation sites (N-methyl/N-ethyl adjacent to an activating group) is 1. The number of aliphatic hydroxyl groups excluding tert-OH is 1. The van der Waals surface area contributed by atoms with Crippen molar-refractivity contribution in [2.24, 2.45) is 5.92 Å². The minimum Gasteiger partial charge on any atom is -0.393 e. The standard InChI is InChI=1S/C12H24N2O2/c1-3-4-5-13-12(16)9-14(2)8-10-6-11(15)7-10/h10-11,15H,3-9H2,1-2H3,(H,13,16). The molecule has 1 aliphatic rings. The van der Waals surface area contributed by atoms with Crippen LogP contribution < -0.4 is 5.32 Å². The Morgan fingerprint density at radius 2 is 2.19 bits per heavy atom. The first-order valence-electron chi connectivity index (χ1n) is 6.25. The maximum atomic E-state index is 11.5. The van der Waals surface area contributed by atoms with Crippen LogP contribution in [0.25, 0.3) is 0 Å². The van der Waals surface area contributed by atoms with Crippen molar-refractivity contribution in [3.05, 3.63) is 0 Å². The summed E-state index contributed by atoms with van der Waals surface area (Å²) in [4.78, 5) is 13.5. The zero-order chi connectivity index (χ0) is 12.0. The minimum atomic E-state index is -0.100. The highest BCUT2D eigenvalue weighted by Gasteiger charge is 2.28. The Balaban J connectivity index is 2.04. The fourth-order valence-corrected chi connectivity index (χ4v) is 2.06. The molecule has 1 saturated carbocycles. The second-order valence-corrected chi connectivity index (χ2v) is 4.89. The predicted molar refractivity (Wildman–Crippen MR) is 64.1 cm³/mol. The molecule has 0 atom stereocenters. The SMILES string of the molecule is CCCCNC(=O)CN(C)CC1CC(O)C1. The summed E-state index contributed by atoms with van der Waals surface area (Å²) in [5.74, 6) is 0.680. The van der Waals surface area contributed by atoms with E-state index in [0.717, 1.165) is 38.8 Å². The van der Waals surface area contributed by atoms with Crippen LogP contribution in [0.15, 0.2) is 0 Å². The van der Waals surface area contributed by atoms with E-state index >= 15 is 0 Å². The second kappa shape index (κ2) is 6.86. The van der Waals surface area contributed by atoms with Gasteiger partial charge in [-0.05, 0) is 32.2 Å². The summed E-state index contributed by atoms with van der Waals surface area (Å²) in [6.45, 7) is 4.28. The molecule has 0 bridgehead atoms. The van der Waals surface area contributed by atoms with Crippen LogP contribution in [0.5, 0.6) is 0 Å². The third kappa shape index (κ3) is 4.94. The van der Waals surface area contributed by atoms with Crippen molar-refractivity contribution < 1.29 is 9.90 Å². The smallest absolute Gasteiger partial charge is 0.234 e. The predicted octanol–water partition coefficient (Wildman–Crippen LogP) is 0.605. The molecule has 16 heavy (non-hydrogen) atoms. The topological polar surface area (TPSA) is 52.6 Å². The molecule has 4 nitrogen and oxygen atoms in total. The number of rotatable bonds is 7. The highest BCUT2D eigenvalue weighted by Crippen LogP contribution is 2.27. The fraction of sp³-hybridized carbons (Fsp3) is 0.917. The number of nitrogens with zero attached hydrogens (tertiary/aromatic N) is 1. The number of aliphatic hydroxyl groups is 1. The number of amides is 1. The molecule has 0 radical (unpaired) electrons. The molecule has 0 aromatic carbocycles. The molecule has 0 saturated heterocycles. The van der Waals surface area contributed by atoms with Crippen molar-refractivity contribution in [1.82, 2.24) is 10.2 Å². The summed E-state index contributed by atoms with van der Waals surface area (Å²) in [5, 5.41) is 12.1. The van der Waals surface area contributed by atoms with Gasteiger partial charge in [0, 0.05) is 13.1 Å². The van der Waals surface area contributed by atoms with Crippen LogP contribution in [0.4, 0.5) is 0 Å².